The molecule has 3 aromatic heterocycles. The molecule has 6 rings (SSSR count). The Hall–Kier alpha value is -6.63. The number of esters is 1. The molecule has 0 aliphatic rings. The van der Waals surface area contributed by atoms with Gasteiger partial charge in [-0.1, -0.05) is 30.3 Å². The SMILES string of the molecule is COC(=O)c1ccccc1-c1ccc(C(c2c(C)[nH]n(-c3cccc(C(=O)O)c3)c2=O)c2c(C)[nH]n(-c3cccc(C(=O)O)c3)c2=O)o1. The molecule has 242 valence electrons. The second-order valence-electron chi connectivity index (χ2n) is 11.0. The highest BCUT2D eigenvalue weighted by molar-refractivity contribution is 5.96. The number of H-pyrrole nitrogens is 2. The zero-order valence-electron chi connectivity index (χ0n) is 25.8. The van der Waals surface area contributed by atoms with Crippen molar-refractivity contribution < 1.29 is 33.8 Å². The fourth-order valence-corrected chi connectivity index (χ4v) is 5.79. The quantitative estimate of drug-likeness (QED) is 0.158. The summed E-state index contributed by atoms with van der Waals surface area (Å²) < 4.78 is 13.7. The molecule has 0 aliphatic heterocycles. The lowest BCUT2D eigenvalue weighted by Crippen LogP contribution is -2.25. The Kier molecular flexibility index (Phi) is 8.03. The normalized spacial score (nSPS) is 11.2. The van der Waals surface area contributed by atoms with E-state index < -0.39 is 34.9 Å². The molecule has 0 amide bonds. The summed E-state index contributed by atoms with van der Waals surface area (Å²) in [5, 5.41) is 25.1. The van der Waals surface area contributed by atoms with Gasteiger partial charge in [0.2, 0.25) is 0 Å². The molecule has 13 nitrogen and oxygen atoms in total. The summed E-state index contributed by atoms with van der Waals surface area (Å²) in [4.78, 5) is 64.3. The van der Waals surface area contributed by atoms with Crippen LogP contribution in [0.2, 0.25) is 0 Å². The van der Waals surface area contributed by atoms with E-state index in [-0.39, 0.29) is 50.7 Å². The van der Waals surface area contributed by atoms with Crippen LogP contribution in [-0.2, 0) is 4.74 Å². The lowest BCUT2D eigenvalue weighted by atomic mass is 9.89. The number of carbonyl (C=O) groups excluding carboxylic acids is 1. The molecule has 13 heteroatoms. The van der Waals surface area contributed by atoms with Crippen LogP contribution in [0.5, 0.6) is 0 Å². The van der Waals surface area contributed by atoms with Crippen LogP contribution in [0.3, 0.4) is 0 Å². The van der Waals surface area contributed by atoms with E-state index in [4.69, 9.17) is 9.15 Å². The first kappa shape index (κ1) is 31.4. The number of ether oxygens (including phenoxy) is 1. The first-order chi connectivity index (χ1) is 23.0. The highest BCUT2D eigenvalue weighted by Crippen LogP contribution is 2.36. The van der Waals surface area contributed by atoms with E-state index >= 15 is 0 Å². The number of hydrogen-bond donors (Lipinski definition) is 4. The maximum absolute atomic E-state index is 14.2. The maximum atomic E-state index is 14.2. The van der Waals surface area contributed by atoms with Gasteiger partial charge in [-0.2, -0.15) is 0 Å². The minimum absolute atomic E-state index is 0.0299. The van der Waals surface area contributed by atoms with Gasteiger partial charge < -0.3 is 19.4 Å². The van der Waals surface area contributed by atoms with E-state index in [2.05, 4.69) is 10.2 Å². The molecule has 0 saturated heterocycles. The number of aromatic amines is 2. The topological polar surface area (TPSA) is 190 Å². The standard InChI is InChI=1S/C35H28N4O9/c1-18-28(31(40)38(36-18)22-10-6-8-20(16-22)33(42)43)30(27-15-14-26(48-27)24-12-4-5-13-25(24)35(46)47-3)29-19(2)37-39(32(29)41)23-11-7-9-21(17-23)34(44)45/h4-17,30,36-37H,1-3H3,(H,42,43)(H,44,45). The third-order valence-corrected chi connectivity index (χ3v) is 8.02. The van der Waals surface area contributed by atoms with Gasteiger partial charge in [-0.15, -0.1) is 0 Å². The number of nitrogens with zero attached hydrogens (tertiary/aromatic N) is 2. The number of nitrogens with one attached hydrogen (secondary N) is 2. The zero-order chi connectivity index (χ0) is 34.3. The van der Waals surface area contributed by atoms with Crippen molar-refractivity contribution >= 4 is 17.9 Å². The number of hydrogen-bond acceptors (Lipinski definition) is 7. The summed E-state index contributed by atoms with van der Waals surface area (Å²) in [5.41, 5.74) is 1.03. The fraction of sp³-hybridized carbons (Fsp3) is 0.114. The van der Waals surface area contributed by atoms with Gasteiger partial charge in [-0.3, -0.25) is 19.8 Å². The lowest BCUT2D eigenvalue weighted by molar-refractivity contribution is 0.0599. The van der Waals surface area contributed by atoms with Crippen molar-refractivity contribution in [3.8, 4) is 22.7 Å². The van der Waals surface area contributed by atoms with Gasteiger partial charge in [0.15, 0.2) is 0 Å². The Morgan fingerprint density at radius 3 is 1.75 bits per heavy atom. The van der Waals surface area contributed by atoms with Crippen molar-refractivity contribution in [2.24, 2.45) is 0 Å². The molecule has 4 N–H and O–H groups in total. The summed E-state index contributed by atoms with van der Waals surface area (Å²) >= 11 is 0. The summed E-state index contributed by atoms with van der Waals surface area (Å²) in [6.45, 7) is 3.29. The van der Waals surface area contributed by atoms with Crippen LogP contribution in [0.4, 0.5) is 0 Å². The number of rotatable bonds is 9. The van der Waals surface area contributed by atoms with Crippen molar-refractivity contribution in [1.82, 2.24) is 19.6 Å². The van der Waals surface area contributed by atoms with Crippen LogP contribution in [0.1, 0.15) is 65.3 Å². The molecule has 3 aromatic carbocycles. The highest BCUT2D eigenvalue weighted by Gasteiger charge is 2.33. The Labute approximate surface area is 271 Å². The van der Waals surface area contributed by atoms with Crippen molar-refractivity contribution in [1.29, 1.82) is 0 Å². The Balaban J connectivity index is 1.58. The number of carbonyl (C=O) groups is 3. The predicted octanol–water partition coefficient (Wildman–Crippen LogP) is 4.88. The average Bonchev–Trinajstić information content (AvgIpc) is 3.77. The van der Waals surface area contributed by atoms with Gasteiger partial charge in [0.05, 0.1) is 52.2 Å². The molecule has 0 fully saturated rings. The van der Waals surface area contributed by atoms with Crippen molar-refractivity contribution in [3.05, 3.63) is 151 Å². The maximum Gasteiger partial charge on any atom is 0.338 e. The molecule has 0 saturated carbocycles. The molecule has 0 atom stereocenters. The number of furan rings is 1. The average molecular weight is 649 g/mol. The van der Waals surface area contributed by atoms with Gasteiger partial charge >= 0.3 is 17.9 Å². The molecular weight excluding hydrogens is 620 g/mol. The number of carboxylic acid groups (broad SMARTS) is 2. The van der Waals surface area contributed by atoms with Gasteiger partial charge in [0, 0.05) is 17.0 Å². The van der Waals surface area contributed by atoms with Crippen molar-refractivity contribution in [2.45, 2.75) is 19.8 Å². The van der Waals surface area contributed by atoms with E-state index in [9.17, 15) is 34.2 Å². The monoisotopic (exact) mass is 648 g/mol. The number of aryl methyl sites for hydroxylation is 2. The number of carboxylic acids is 2. The van der Waals surface area contributed by atoms with Crippen molar-refractivity contribution in [2.75, 3.05) is 7.11 Å². The molecule has 0 aliphatic carbocycles. The summed E-state index contributed by atoms with van der Waals surface area (Å²) in [6.07, 6.45) is 0. The van der Waals surface area contributed by atoms with Crippen molar-refractivity contribution in [3.63, 3.8) is 0 Å². The molecule has 6 aromatic rings. The zero-order valence-corrected chi connectivity index (χ0v) is 25.8. The summed E-state index contributed by atoms with van der Waals surface area (Å²) in [6, 6.07) is 21.5. The molecule has 0 spiro atoms. The van der Waals surface area contributed by atoms with E-state index in [0.717, 1.165) is 0 Å². The van der Waals surface area contributed by atoms with E-state index in [0.29, 0.717) is 17.0 Å². The van der Waals surface area contributed by atoms with Gasteiger partial charge in [-0.05, 0) is 68.4 Å². The number of aromatic carboxylic acids is 2. The Morgan fingerprint density at radius 1 is 0.729 bits per heavy atom. The van der Waals surface area contributed by atoms with Crippen LogP contribution in [0.25, 0.3) is 22.7 Å². The van der Waals surface area contributed by atoms with Gasteiger partial charge in [0.25, 0.3) is 11.1 Å². The third-order valence-electron chi connectivity index (χ3n) is 8.02. The smallest absolute Gasteiger partial charge is 0.338 e. The first-order valence-corrected chi connectivity index (χ1v) is 14.6. The van der Waals surface area contributed by atoms with E-state index in [1.54, 1.807) is 62.4 Å². The second-order valence-corrected chi connectivity index (χ2v) is 11.0. The fourth-order valence-electron chi connectivity index (χ4n) is 5.79. The summed E-state index contributed by atoms with van der Waals surface area (Å²) in [7, 11) is 1.26. The predicted molar refractivity (Wildman–Crippen MR) is 173 cm³/mol. The molecular formula is C35H28N4O9. The van der Waals surface area contributed by atoms with Crippen LogP contribution in [0, 0.1) is 13.8 Å². The minimum Gasteiger partial charge on any atom is -0.478 e. The number of methoxy groups -OCH3 is 1. The van der Waals surface area contributed by atoms with Crippen LogP contribution < -0.4 is 11.1 Å². The molecule has 48 heavy (non-hydrogen) atoms. The van der Waals surface area contributed by atoms with E-state index in [1.807, 2.05) is 0 Å². The molecule has 0 bridgehead atoms. The van der Waals surface area contributed by atoms with Crippen LogP contribution in [-0.4, -0.2) is 54.8 Å². The second kappa shape index (κ2) is 12.3. The molecule has 0 radical (unpaired) electrons. The van der Waals surface area contributed by atoms with E-state index in [1.165, 1.54) is 52.9 Å². The largest absolute Gasteiger partial charge is 0.478 e. The van der Waals surface area contributed by atoms with Crippen LogP contribution in [0.15, 0.2) is 98.9 Å². The lowest BCUT2D eigenvalue weighted by Gasteiger charge is -2.13. The minimum atomic E-state index is -1.17. The third kappa shape index (κ3) is 5.42. The van der Waals surface area contributed by atoms with Crippen LogP contribution >= 0.6 is 0 Å². The number of aromatic nitrogens is 4. The highest BCUT2D eigenvalue weighted by atomic mass is 16.5. The molecule has 0 unspecified atom stereocenters. The van der Waals surface area contributed by atoms with Gasteiger partial charge in [0.1, 0.15) is 11.5 Å². The first-order valence-electron chi connectivity index (χ1n) is 14.6. The van der Waals surface area contributed by atoms with Gasteiger partial charge in [-0.25, -0.2) is 23.7 Å². The Morgan fingerprint density at radius 2 is 1.25 bits per heavy atom. The Bertz CT molecular complexity index is 2240. The summed E-state index contributed by atoms with van der Waals surface area (Å²) in [5.74, 6) is -3.55. The molecule has 3 heterocycles. The number of benzene rings is 3.